The molecule has 0 unspecified atom stereocenters. The Hall–Kier alpha value is -1.78. The predicted octanol–water partition coefficient (Wildman–Crippen LogP) is 1.54. The lowest BCUT2D eigenvalue weighted by molar-refractivity contribution is 0.0698. The van der Waals surface area contributed by atoms with Gasteiger partial charge < -0.3 is 16.2 Å². The fourth-order valence-electron chi connectivity index (χ4n) is 1.10. The molecule has 0 aliphatic rings. The second-order valence-corrected chi connectivity index (χ2v) is 2.75. The van der Waals surface area contributed by atoms with E-state index in [2.05, 4.69) is 5.32 Å². The van der Waals surface area contributed by atoms with Crippen molar-refractivity contribution in [1.29, 1.82) is 0 Å². The highest BCUT2D eigenvalue weighted by Crippen LogP contribution is 2.21. The number of nitrogens with one attached hydrogen (secondary N) is 1. The number of anilines is 2. The first-order valence-corrected chi connectivity index (χ1v) is 4.12. The lowest BCUT2D eigenvalue weighted by atomic mass is 10.1. The van der Waals surface area contributed by atoms with E-state index < -0.39 is 11.8 Å². The minimum Gasteiger partial charge on any atom is -0.478 e. The van der Waals surface area contributed by atoms with Gasteiger partial charge in [0.2, 0.25) is 0 Å². The van der Waals surface area contributed by atoms with Crippen LogP contribution in [-0.2, 0) is 0 Å². The van der Waals surface area contributed by atoms with E-state index in [0.717, 1.165) is 6.07 Å². The van der Waals surface area contributed by atoms with Crippen LogP contribution in [0.5, 0.6) is 0 Å². The molecule has 0 bridgehead atoms. The normalized spacial score (nSPS) is 9.86. The molecule has 4 nitrogen and oxygen atoms in total. The second kappa shape index (κ2) is 3.95. The third-order valence-corrected chi connectivity index (χ3v) is 1.74. The van der Waals surface area contributed by atoms with Gasteiger partial charge in [-0.15, -0.1) is 0 Å². The van der Waals surface area contributed by atoms with Gasteiger partial charge in [-0.3, -0.25) is 0 Å². The van der Waals surface area contributed by atoms with Crippen LogP contribution in [0.25, 0.3) is 0 Å². The summed E-state index contributed by atoms with van der Waals surface area (Å²) in [6.07, 6.45) is 0. The molecule has 0 atom stereocenters. The Morgan fingerprint density at radius 1 is 1.64 bits per heavy atom. The molecule has 4 N–H and O–H groups in total. The lowest BCUT2D eigenvalue weighted by Gasteiger charge is -2.07. The van der Waals surface area contributed by atoms with Gasteiger partial charge in [-0.05, 0) is 19.1 Å². The first-order chi connectivity index (χ1) is 6.56. The molecule has 1 rings (SSSR count). The van der Waals surface area contributed by atoms with Crippen LogP contribution in [0.3, 0.4) is 0 Å². The quantitative estimate of drug-likeness (QED) is 0.644. The van der Waals surface area contributed by atoms with Crippen molar-refractivity contribution in [3.63, 3.8) is 0 Å². The number of hydrogen-bond acceptors (Lipinski definition) is 3. The average Bonchev–Trinajstić information content (AvgIpc) is 2.09. The largest absolute Gasteiger partial charge is 0.478 e. The standard InChI is InChI=1S/C9H11FN2O2/c1-2-12-8-3-5(9(13)14)7(11)4-6(8)10/h3-4,12H,2,11H2,1H3,(H,13,14). The maximum atomic E-state index is 13.1. The van der Waals surface area contributed by atoms with Gasteiger partial charge in [-0.25, -0.2) is 9.18 Å². The minimum absolute atomic E-state index is 0.0725. The van der Waals surface area contributed by atoms with Gasteiger partial charge in [0, 0.05) is 12.2 Å². The maximum absolute atomic E-state index is 13.1. The minimum atomic E-state index is -1.17. The summed E-state index contributed by atoms with van der Waals surface area (Å²) in [6, 6.07) is 2.19. The first kappa shape index (κ1) is 10.3. The SMILES string of the molecule is CCNc1cc(C(=O)O)c(N)cc1F. The molecule has 0 aliphatic heterocycles. The molecule has 0 aromatic heterocycles. The van der Waals surface area contributed by atoms with Crippen LogP contribution in [0.15, 0.2) is 12.1 Å². The molecule has 0 spiro atoms. The molecule has 76 valence electrons. The Morgan fingerprint density at radius 2 is 2.29 bits per heavy atom. The van der Waals surface area contributed by atoms with E-state index in [0.29, 0.717) is 6.54 Å². The van der Waals surface area contributed by atoms with Crippen molar-refractivity contribution in [1.82, 2.24) is 0 Å². The van der Waals surface area contributed by atoms with Gasteiger partial charge in [0.15, 0.2) is 0 Å². The molecular formula is C9H11FN2O2. The second-order valence-electron chi connectivity index (χ2n) is 2.75. The molecule has 0 aliphatic carbocycles. The number of carboxylic acids is 1. The molecule has 1 aromatic carbocycles. The zero-order valence-corrected chi connectivity index (χ0v) is 7.67. The summed E-state index contributed by atoms with van der Waals surface area (Å²) < 4.78 is 13.1. The predicted molar refractivity (Wildman–Crippen MR) is 51.9 cm³/mol. The van der Waals surface area contributed by atoms with Gasteiger partial charge >= 0.3 is 5.97 Å². The van der Waals surface area contributed by atoms with Crippen LogP contribution in [0.4, 0.5) is 15.8 Å². The van der Waals surface area contributed by atoms with E-state index in [1.807, 2.05) is 0 Å². The van der Waals surface area contributed by atoms with Crippen LogP contribution >= 0.6 is 0 Å². The summed E-state index contributed by atoms with van der Waals surface area (Å²) in [4.78, 5) is 10.7. The molecule has 1 aromatic rings. The third kappa shape index (κ3) is 1.93. The topological polar surface area (TPSA) is 75.3 Å². The Labute approximate surface area is 80.5 Å². The van der Waals surface area contributed by atoms with Crippen molar-refractivity contribution in [2.75, 3.05) is 17.6 Å². The molecular weight excluding hydrogens is 187 g/mol. The number of hydrogen-bond donors (Lipinski definition) is 3. The van der Waals surface area contributed by atoms with Crippen LogP contribution in [-0.4, -0.2) is 17.6 Å². The summed E-state index contributed by atoms with van der Waals surface area (Å²) in [5, 5.41) is 11.4. The lowest BCUT2D eigenvalue weighted by Crippen LogP contribution is -2.06. The highest BCUT2D eigenvalue weighted by molar-refractivity contribution is 5.94. The van der Waals surface area contributed by atoms with Crippen molar-refractivity contribution >= 4 is 17.3 Å². The molecule has 5 heteroatoms. The number of rotatable bonds is 3. The van der Waals surface area contributed by atoms with E-state index in [4.69, 9.17) is 10.8 Å². The Kier molecular flexibility index (Phi) is 2.91. The number of nitrogen functional groups attached to an aromatic ring is 1. The van der Waals surface area contributed by atoms with E-state index >= 15 is 0 Å². The summed E-state index contributed by atoms with van der Waals surface area (Å²) in [7, 11) is 0. The fourth-order valence-corrected chi connectivity index (χ4v) is 1.10. The molecule has 0 fully saturated rings. The Bertz CT molecular complexity index is 366. The molecule has 0 amide bonds. The highest BCUT2D eigenvalue weighted by atomic mass is 19.1. The number of aromatic carboxylic acids is 1. The fraction of sp³-hybridized carbons (Fsp3) is 0.222. The van der Waals surface area contributed by atoms with Crippen molar-refractivity contribution in [3.8, 4) is 0 Å². The first-order valence-electron chi connectivity index (χ1n) is 4.12. The van der Waals surface area contributed by atoms with E-state index in [-0.39, 0.29) is 16.9 Å². The smallest absolute Gasteiger partial charge is 0.337 e. The van der Waals surface area contributed by atoms with E-state index in [1.165, 1.54) is 6.07 Å². The summed E-state index contributed by atoms with van der Waals surface area (Å²) in [5.41, 5.74) is 5.32. The van der Waals surface area contributed by atoms with Crippen molar-refractivity contribution < 1.29 is 14.3 Å². The number of nitrogens with two attached hydrogens (primary N) is 1. The average molecular weight is 198 g/mol. The molecule has 0 radical (unpaired) electrons. The number of carbonyl (C=O) groups is 1. The van der Waals surface area contributed by atoms with Crippen molar-refractivity contribution in [3.05, 3.63) is 23.5 Å². The van der Waals surface area contributed by atoms with Crippen LogP contribution in [0, 0.1) is 5.82 Å². The summed E-state index contributed by atoms with van der Waals surface area (Å²) >= 11 is 0. The van der Waals surface area contributed by atoms with Gasteiger partial charge in [0.25, 0.3) is 0 Å². The highest BCUT2D eigenvalue weighted by Gasteiger charge is 2.12. The molecule has 14 heavy (non-hydrogen) atoms. The van der Waals surface area contributed by atoms with Crippen LogP contribution in [0.2, 0.25) is 0 Å². The zero-order valence-electron chi connectivity index (χ0n) is 7.67. The van der Waals surface area contributed by atoms with Gasteiger partial charge in [0.05, 0.1) is 11.3 Å². The van der Waals surface area contributed by atoms with Crippen molar-refractivity contribution in [2.45, 2.75) is 6.92 Å². The number of halogens is 1. The summed E-state index contributed by atoms with van der Waals surface area (Å²) in [6.45, 7) is 2.30. The Balaban J connectivity index is 3.20. The van der Waals surface area contributed by atoms with Crippen LogP contribution in [0.1, 0.15) is 17.3 Å². The Morgan fingerprint density at radius 3 is 2.79 bits per heavy atom. The van der Waals surface area contributed by atoms with Gasteiger partial charge in [0.1, 0.15) is 5.82 Å². The van der Waals surface area contributed by atoms with Gasteiger partial charge in [-0.2, -0.15) is 0 Å². The number of carboxylic acid groups (broad SMARTS) is 1. The van der Waals surface area contributed by atoms with E-state index in [1.54, 1.807) is 6.92 Å². The summed E-state index contributed by atoms with van der Waals surface area (Å²) in [5.74, 6) is -1.71. The third-order valence-electron chi connectivity index (χ3n) is 1.74. The molecule has 0 saturated heterocycles. The molecule has 0 saturated carbocycles. The van der Waals surface area contributed by atoms with Crippen LogP contribution < -0.4 is 11.1 Å². The maximum Gasteiger partial charge on any atom is 0.337 e. The molecule has 0 heterocycles. The van der Waals surface area contributed by atoms with E-state index in [9.17, 15) is 9.18 Å². The number of benzene rings is 1. The monoisotopic (exact) mass is 198 g/mol. The zero-order chi connectivity index (χ0) is 10.7. The van der Waals surface area contributed by atoms with Crippen molar-refractivity contribution in [2.24, 2.45) is 0 Å². The van der Waals surface area contributed by atoms with Gasteiger partial charge in [-0.1, -0.05) is 0 Å².